The first-order valence-electron chi connectivity index (χ1n) is 4.14. The van der Waals surface area contributed by atoms with E-state index < -0.39 is 6.67 Å². The van der Waals surface area contributed by atoms with Crippen molar-refractivity contribution in [3.8, 4) is 0 Å². The molecule has 0 amide bonds. The molecule has 0 aliphatic carbocycles. The maximum Gasteiger partial charge on any atom is 0.257 e. The third kappa shape index (κ3) is 1.28. The minimum Gasteiger partial charge on any atom is -0.336 e. The Morgan fingerprint density at radius 3 is 3.08 bits per heavy atom. The number of hydrogen-bond donors (Lipinski definition) is 0. The molecule has 0 N–H and O–H groups in total. The molecule has 3 nitrogen and oxygen atoms in total. The molecular formula is C9H9FN2O. The Kier molecular flexibility index (Phi) is 1.96. The number of aryl methyl sites for hydroxylation is 1. The lowest BCUT2D eigenvalue weighted by Crippen LogP contribution is -1.84. The van der Waals surface area contributed by atoms with Crippen molar-refractivity contribution in [1.82, 2.24) is 10.1 Å². The molecule has 0 bridgehead atoms. The van der Waals surface area contributed by atoms with Gasteiger partial charge in [-0.2, -0.15) is 0 Å². The topological polar surface area (TPSA) is 38.9 Å². The molecule has 0 saturated heterocycles. The maximum atomic E-state index is 12.3. The largest absolute Gasteiger partial charge is 0.336 e. The average molecular weight is 180 g/mol. The van der Waals surface area contributed by atoms with E-state index in [4.69, 9.17) is 4.52 Å². The van der Waals surface area contributed by atoms with Crippen LogP contribution < -0.4 is 0 Å². The molecule has 0 fully saturated rings. The van der Waals surface area contributed by atoms with E-state index in [1.165, 1.54) is 6.20 Å². The van der Waals surface area contributed by atoms with E-state index in [0.29, 0.717) is 11.3 Å². The highest BCUT2D eigenvalue weighted by atomic mass is 19.1. The van der Waals surface area contributed by atoms with E-state index in [-0.39, 0.29) is 0 Å². The Bertz CT molecular complexity index is 424. The first-order valence-corrected chi connectivity index (χ1v) is 4.14. The molecule has 13 heavy (non-hydrogen) atoms. The van der Waals surface area contributed by atoms with Crippen LogP contribution in [0.3, 0.4) is 0 Å². The van der Waals surface area contributed by atoms with Crippen LogP contribution in [0, 0.1) is 0 Å². The fourth-order valence-electron chi connectivity index (χ4n) is 1.25. The molecule has 2 heterocycles. The molecule has 0 radical (unpaired) electrons. The quantitative estimate of drug-likeness (QED) is 0.711. The van der Waals surface area contributed by atoms with Crippen molar-refractivity contribution in [2.45, 2.75) is 20.0 Å². The van der Waals surface area contributed by atoms with E-state index in [1.54, 1.807) is 6.07 Å². The van der Waals surface area contributed by atoms with Crippen molar-refractivity contribution in [3.63, 3.8) is 0 Å². The van der Waals surface area contributed by atoms with E-state index in [2.05, 4.69) is 10.1 Å². The molecule has 0 aliphatic rings. The highest BCUT2D eigenvalue weighted by molar-refractivity contribution is 5.76. The van der Waals surface area contributed by atoms with E-state index in [0.717, 1.165) is 17.5 Å². The van der Waals surface area contributed by atoms with Gasteiger partial charge < -0.3 is 4.52 Å². The van der Waals surface area contributed by atoms with Gasteiger partial charge in [-0.05, 0) is 12.5 Å². The van der Waals surface area contributed by atoms with Gasteiger partial charge >= 0.3 is 0 Å². The molecule has 4 heteroatoms. The summed E-state index contributed by atoms with van der Waals surface area (Å²) in [5.74, 6) is 0. The number of alkyl halides is 1. The maximum absolute atomic E-state index is 12.3. The Morgan fingerprint density at radius 2 is 2.38 bits per heavy atom. The summed E-state index contributed by atoms with van der Waals surface area (Å²) < 4.78 is 17.3. The van der Waals surface area contributed by atoms with Crippen LogP contribution in [0.25, 0.3) is 11.1 Å². The number of aromatic nitrogens is 2. The van der Waals surface area contributed by atoms with Gasteiger partial charge in [0, 0.05) is 11.8 Å². The number of hydrogen-bond acceptors (Lipinski definition) is 3. The summed E-state index contributed by atoms with van der Waals surface area (Å²) in [6, 6.07) is 1.73. The van der Waals surface area contributed by atoms with Crippen molar-refractivity contribution in [3.05, 3.63) is 23.5 Å². The zero-order valence-corrected chi connectivity index (χ0v) is 7.25. The molecular weight excluding hydrogens is 171 g/mol. The molecule has 2 aromatic rings. The number of halogens is 1. The van der Waals surface area contributed by atoms with Crippen molar-refractivity contribution >= 4 is 11.1 Å². The van der Waals surface area contributed by atoms with Crippen LogP contribution in [0.5, 0.6) is 0 Å². The lowest BCUT2D eigenvalue weighted by atomic mass is 10.2. The highest BCUT2D eigenvalue weighted by Crippen LogP contribution is 2.18. The molecule has 0 aliphatic heterocycles. The fraction of sp³-hybridized carbons (Fsp3) is 0.333. The van der Waals surface area contributed by atoms with Gasteiger partial charge in [0.05, 0.1) is 11.1 Å². The van der Waals surface area contributed by atoms with Crippen LogP contribution >= 0.6 is 0 Å². The van der Waals surface area contributed by atoms with Crippen LogP contribution in [0.2, 0.25) is 0 Å². The predicted molar refractivity (Wildman–Crippen MR) is 46.0 cm³/mol. The summed E-state index contributed by atoms with van der Waals surface area (Å²) in [6.07, 6.45) is 2.23. The smallest absolute Gasteiger partial charge is 0.257 e. The first kappa shape index (κ1) is 8.16. The van der Waals surface area contributed by atoms with Gasteiger partial charge in [-0.3, -0.25) is 0 Å². The van der Waals surface area contributed by atoms with Crippen molar-refractivity contribution in [2.24, 2.45) is 0 Å². The molecule has 68 valence electrons. The lowest BCUT2D eigenvalue weighted by Gasteiger charge is -1.92. The van der Waals surface area contributed by atoms with Gasteiger partial charge in [-0.15, -0.1) is 0 Å². The van der Waals surface area contributed by atoms with Crippen LogP contribution in [0.4, 0.5) is 4.39 Å². The van der Waals surface area contributed by atoms with Gasteiger partial charge in [-0.1, -0.05) is 12.1 Å². The summed E-state index contributed by atoms with van der Waals surface area (Å²) in [5.41, 5.74) is 1.87. The van der Waals surface area contributed by atoms with E-state index >= 15 is 0 Å². The highest BCUT2D eigenvalue weighted by Gasteiger charge is 2.07. The zero-order chi connectivity index (χ0) is 9.26. The third-order valence-corrected chi connectivity index (χ3v) is 1.95. The van der Waals surface area contributed by atoms with Crippen LogP contribution in [-0.2, 0) is 13.1 Å². The Labute approximate surface area is 74.6 Å². The van der Waals surface area contributed by atoms with Gasteiger partial charge in [0.1, 0.15) is 6.67 Å². The van der Waals surface area contributed by atoms with Crippen molar-refractivity contribution < 1.29 is 8.91 Å². The Balaban J connectivity index is 2.64. The van der Waals surface area contributed by atoms with Crippen molar-refractivity contribution in [2.75, 3.05) is 0 Å². The molecule has 0 saturated carbocycles. The lowest BCUT2D eigenvalue weighted by molar-refractivity contribution is 0.439. The van der Waals surface area contributed by atoms with Gasteiger partial charge in [0.15, 0.2) is 0 Å². The minimum absolute atomic E-state index is 0.481. The van der Waals surface area contributed by atoms with Crippen molar-refractivity contribution in [1.29, 1.82) is 0 Å². The Hall–Kier alpha value is -1.45. The summed E-state index contributed by atoms with van der Waals surface area (Å²) in [5, 5.41) is 4.65. The van der Waals surface area contributed by atoms with Gasteiger partial charge in [-0.25, -0.2) is 9.37 Å². The van der Waals surface area contributed by atoms with Gasteiger partial charge in [0.2, 0.25) is 0 Å². The average Bonchev–Trinajstić information content (AvgIpc) is 2.59. The predicted octanol–water partition coefficient (Wildman–Crippen LogP) is 2.25. The summed E-state index contributed by atoms with van der Waals surface area (Å²) in [7, 11) is 0. The molecule has 2 aromatic heterocycles. The third-order valence-electron chi connectivity index (χ3n) is 1.95. The molecule has 0 aromatic carbocycles. The van der Waals surface area contributed by atoms with Crippen LogP contribution in [-0.4, -0.2) is 10.1 Å². The van der Waals surface area contributed by atoms with E-state index in [9.17, 15) is 4.39 Å². The second-order valence-corrected chi connectivity index (χ2v) is 2.81. The standard InChI is InChI=1S/C9H9FN2O/c1-2-8-7-3-6(4-10)5-11-9(7)13-12-8/h3,5H,2,4H2,1H3. The fourth-order valence-corrected chi connectivity index (χ4v) is 1.25. The van der Waals surface area contributed by atoms with Gasteiger partial charge in [0.25, 0.3) is 5.71 Å². The normalized spacial score (nSPS) is 10.9. The van der Waals surface area contributed by atoms with E-state index in [1.807, 2.05) is 6.92 Å². The summed E-state index contributed by atoms with van der Waals surface area (Å²) in [6.45, 7) is 1.47. The SMILES string of the molecule is CCc1noc2ncc(CF)cc12. The second-order valence-electron chi connectivity index (χ2n) is 2.81. The zero-order valence-electron chi connectivity index (χ0n) is 7.25. The number of pyridine rings is 1. The van der Waals surface area contributed by atoms with Crippen LogP contribution in [0.15, 0.2) is 16.8 Å². The first-order chi connectivity index (χ1) is 6.35. The number of fused-ring (bicyclic) bond motifs is 1. The number of rotatable bonds is 2. The molecule has 0 unspecified atom stereocenters. The minimum atomic E-state index is -0.503. The summed E-state index contributed by atoms with van der Waals surface area (Å²) in [4.78, 5) is 3.95. The molecule has 0 spiro atoms. The monoisotopic (exact) mass is 180 g/mol. The number of nitrogens with zero attached hydrogens (tertiary/aromatic N) is 2. The van der Waals surface area contributed by atoms with Crippen LogP contribution in [0.1, 0.15) is 18.2 Å². The summed E-state index contributed by atoms with van der Waals surface area (Å²) >= 11 is 0. The molecule has 0 atom stereocenters. The second kappa shape index (κ2) is 3.12. The Morgan fingerprint density at radius 1 is 1.54 bits per heavy atom. The molecule has 2 rings (SSSR count).